The lowest BCUT2D eigenvalue weighted by molar-refractivity contribution is 0.102. The van der Waals surface area contributed by atoms with Crippen LogP contribution in [-0.4, -0.2) is 32.2 Å². The molecule has 0 saturated carbocycles. The van der Waals surface area contributed by atoms with Crippen molar-refractivity contribution in [3.63, 3.8) is 0 Å². The van der Waals surface area contributed by atoms with Crippen LogP contribution in [0.15, 0.2) is 52.3 Å². The van der Waals surface area contributed by atoms with Crippen molar-refractivity contribution < 1.29 is 23.4 Å². The zero-order valence-corrected chi connectivity index (χ0v) is 16.8. The Balaban J connectivity index is 1.58. The average molecular weight is 410 g/mol. The fraction of sp³-hybridized carbons (Fsp3) is 0.143. The molecule has 0 bridgehead atoms. The van der Waals surface area contributed by atoms with Crippen molar-refractivity contribution in [1.29, 1.82) is 0 Å². The SMILES string of the molecule is COc1cc(C(=O)Nc2nc(-c3cc4ccccc4o3)cs2)cc(OC)c1OC. The number of rotatable bonds is 6. The number of thiazole rings is 1. The molecule has 2 heterocycles. The molecule has 0 aliphatic heterocycles. The van der Waals surface area contributed by atoms with E-state index < -0.39 is 0 Å². The molecule has 4 aromatic rings. The molecule has 0 saturated heterocycles. The quantitative estimate of drug-likeness (QED) is 0.490. The molecule has 0 atom stereocenters. The number of methoxy groups -OCH3 is 3. The van der Waals surface area contributed by atoms with Gasteiger partial charge >= 0.3 is 0 Å². The van der Waals surface area contributed by atoms with Crippen molar-refractivity contribution in [1.82, 2.24) is 4.98 Å². The number of amides is 1. The Kier molecular flexibility index (Phi) is 5.09. The van der Waals surface area contributed by atoms with E-state index in [4.69, 9.17) is 18.6 Å². The van der Waals surface area contributed by atoms with E-state index in [-0.39, 0.29) is 5.91 Å². The molecule has 4 rings (SSSR count). The van der Waals surface area contributed by atoms with Crippen LogP contribution in [0, 0.1) is 0 Å². The number of carbonyl (C=O) groups excluding carboxylic acids is 1. The molecule has 2 aromatic heterocycles. The van der Waals surface area contributed by atoms with Crippen LogP contribution in [0.25, 0.3) is 22.4 Å². The highest BCUT2D eigenvalue weighted by Crippen LogP contribution is 2.38. The van der Waals surface area contributed by atoms with Crippen molar-refractivity contribution in [3.8, 4) is 28.7 Å². The van der Waals surface area contributed by atoms with Crippen LogP contribution < -0.4 is 19.5 Å². The maximum Gasteiger partial charge on any atom is 0.257 e. The minimum absolute atomic E-state index is 0.338. The molecule has 0 fully saturated rings. The summed E-state index contributed by atoms with van der Waals surface area (Å²) in [7, 11) is 4.51. The van der Waals surface area contributed by atoms with Gasteiger partial charge in [0.1, 0.15) is 11.3 Å². The normalized spacial score (nSPS) is 10.7. The number of carbonyl (C=O) groups is 1. The van der Waals surface area contributed by atoms with Crippen molar-refractivity contribution in [2.75, 3.05) is 26.6 Å². The Morgan fingerprint density at radius 3 is 2.41 bits per heavy atom. The Morgan fingerprint density at radius 2 is 1.76 bits per heavy atom. The third kappa shape index (κ3) is 3.62. The molecule has 1 amide bonds. The summed E-state index contributed by atoms with van der Waals surface area (Å²) in [5.41, 5.74) is 1.81. The standard InChI is InChI=1S/C21H18N2O5S/c1-25-17-9-13(10-18(26-2)19(17)27-3)20(24)23-21-22-14(11-29-21)16-8-12-6-4-5-7-15(12)28-16/h4-11H,1-3H3,(H,22,23,24). The number of fused-ring (bicyclic) bond motifs is 1. The molecule has 2 aromatic carbocycles. The Labute approximate surface area is 170 Å². The first-order valence-corrected chi connectivity index (χ1v) is 9.56. The van der Waals surface area contributed by atoms with Gasteiger partial charge in [0.05, 0.1) is 21.3 Å². The number of nitrogens with one attached hydrogen (secondary N) is 1. The number of benzene rings is 2. The second-order valence-corrected chi connectivity index (χ2v) is 6.91. The first kappa shape index (κ1) is 18.8. The highest BCUT2D eigenvalue weighted by molar-refractivity contribution is 7.14. The van der Waals surface area contributed by atoms with Gasteiger partial charge < -0.3 is 18.6 Å². The zero-order valence-electron chi connectivity index (χ0n) is 16.0. The largest absolute Gasteiger partial charge is 0.493 e. The van der Waals surface area contributed by atoms with Crippen molar-refractivity contribution >= 4 is 33.3 Å². The molecule has 0 spiro atoms. The van der Waals surface area contributed by atoms with Gasteiger partial charge in [-0.1, -0.05) is 18.2 Å². The van der Waals surface area contributed by atoms with Crippen LogP contribution in [0.4, 0.5) is 5.13 Å². The Bertz CT molecular complexity index is 1120. The topological polar surface area (TPSA) is 82.8 Å². The third-order valence-electron chi connectivity index (χ3n) is 4.33. The van der Waals surface area contributed by atoms with E-state index in [1.165, 1.54) is 32.7 Å². The lowest BCUT2D eigenvalue weighted by atomic mass is 10.1. The minimum atomic E-state index is -0.338. The summed E-state index contributed by atoms with van der Waals surface area (Å²) in [5.74, 6) is 1.54. The molecular formula is C21H18N2O5S. The second kappa shape index (κ2) is 7.84. The lowest BCUT2D eigenvalue weighted by Gasteiger charge is -2.13. The predicted molar refractivity (Wildman–Crippen MR) is 111 cm³/mol. The van der Waals surface area contributed by atoms with Crippen LogP contribution in [0.5, 0.6) is 17.2 Å². The fourth-order valence-corrected chi connectivity index (χ4v) is 3.63. The monoisotopic (exact) mass is 410 g/mol. The van der Waals surface area contributed by atoms with E-state index >= 15 is 0 Å². The second-order valence-electron chi connectivity index (χ2n) is 6.05. The van der Waals surface area contributed by atoms with Gasteiger partial charge in [-0.3, -0.25) is 10.1 Å². The van der Waals surface area contributed by atoms with E-state index in [0.29, 0.717) is 39.4 Å². The zero-order chi connectivity index (χ0) is 20.4. The first-order chi connectivity index (χ1) is 14.1. The van der Waals surface area contributed by atoms with E-state index in [1.54, 1.807) is 12.1 Å². The summed E-state index contributed by atoms with van der Waals surface area (Å²) in [6.45, 7) is 0. The number of para-hydroxylation sites is 1. The van der Waals surface area contributed by atoms with Crippen molar-refractivity contribution in [2.24, 2.45) is 0 Å². The van der Waals surface area contributed by atoms with Gasteiger partial charge in [0, 0.05) is 16.3 Å². The van der Waals surface area contributed by atoms with Gasteiger partial charge in [0.25, 0.3) is 5.91 Å². The van der Waals surface area contributed by atoms with Crippen LogP contribution in [0.2, 0.25) is 0 Å². The molecular weight excluding hydrogens is 392 g/mol. The molecule has 0 radical (unpaired) electrons. The molecule has 8 heteroatoms. The lowest BCUT2D eigenvalue weighted by Crippen LogP contribution is -2.12. The summed E-state index contributed by atoms with van der Waals surface area (Å²) >= 11 is 1.31. The van der Waals surface area contributed by atoms with E-state index in [9.17, 15) is 4.79 Å². The Morgan fingerprint density at radius 1 is 1.03 bits per heavy atom. The van der Waals surface area contributed by atoms with E-state index in [1.807, 2.05) is 35.7 Å². The summed E-state index contributed by atoms with van der Waals surface area (Å²) in [5, 5.41) is 6.09. The molecule has 7 nitrogen and oxygen atoms in total. The minimum Gasteiger partial charge on any atom is -0.493 e. The summed E-state index contributed by atoms with van der Waals surface area (Å²) in [6.07, 6.45) is 0. The number of aromatic nitrogens is 1. The number of ether oxygens (including phenoxy) is 3. The molecule has 0 unspecified atom stereocenters. The van der Waals surface area contributed by atoms with E-state index in [0.717, 1.165) is 11.0 Å². The van der Waals surface area contributed by atoms with Crippen molar-refractivity contribution in [2.45, 2.75) is 0 Å². The number of anilines is 1. The molecule has 0 aliphatic carbocycles. The maximum atomic E-state index is 12.7. The van der Waals surface area contributed by atoms with Gasteiger partial charge in [-0.25, -0.2) is 4.98 Å². The highest BCUT2D eigenvalue weighted by Gasteiger charge is 2.18. The summed E-state index contributed by atoms with van der Waals surface area (Å²) < 4.78 is 21.7. The third-order valence-corrected chi connectivity index (χ3v) is 5.09. The van der Waals surface area contributed by atoms with Gasteiger partial charge in [0.15, 0.2) is 22.4 Å². The molecule has 148 valence electrons. The maximum absolute atomic E-state index is 12.7. The molecule has 1 N–H and O–H groups in total. The first-order valence-electron chi connectivity index (χ1n) is 8.68. The predicted octanol–water partition coefficient (Wildman–Crippen LogP) is 4.83. The smallest absolute Gasteiger partial charge is 0.257 e. The number of hydrogen-bond donors (Lipinski definition) is 1. The highest BCUT2D eigenvalue weighted by atomic mass is 32.1. The van der Waals surface area contributed by atoms with Gasteiger partial charge in [-0.05, 0) is 24.3 Å². The number of hydrogen-bond acceptors (Lipinski definition) is 7. The van der Waals surface area contributed by atoms with Crippen LogP contribution in [0.1, 0.15) is 10.4 Å². The fourth-order valence-electron chi connectivity index (χ4n) is 2.93. The number of nitrogens with zero attached hydrogens (tertiary/aromatic N) is 1. The van der Waals surface area contributed by atoms with Gasteiger partial charge in [-0.15, -0.1) is 11.3 Å². The molecule has 0 aliphatic rings. The van der Waals surface area contributed by atoms with Gasteiger partial charge in [-0.2, -0.15) is 0 Å². The van der Waals surface area contributed by atoms with Crippen molar-refractivity contribution in [3.05, 3.63) is 53.4 Å². The molecule has 29 heavy (non-hydrogen) atoms. The summed E-state index contributed by atoms with van der Waals surface area (Å²) in [4.78, 5) is 17.2. The van der Waals surface area contributed by atoms with E-state index in [2.05, 4.69) is 10.3 Å². The average Bonchev–Trinajstić information content (AvgIpc) is 3.39. The number of furan rings is 1. The Hall–Kier alpha value is -3.52. The van der Waals surface area contributed by atoms with Gasteiger partial charge in [0.2, 0.25) is 5.75 Å². The summed E-state index contributed by atoms with van der Waals surface area (Å²) in [6, 6.07) is 12.8. The van der Waals surface area contributed by atoms with Crippen LogP contribution in [0.3, 0.4) is 0 Å². The van der Waals surface area contributed by atoms with Crippen LogP contribution >= 0.6 is 11.3 Å². The van der Waals surface area contributed by atoms with Crippen LogP contribution in [-0.2, 0) is 0 Å².